The van der Waals surface area contributed by atoms with Crippen LogP contribution in [0.25, 0.3) is 0 Å². The van der Waals surface area contributed by atoms with E-state index in [1.165, 1.54) is 13.0 Å². The SMILES string of the molecule is COCCCN[C@@H]1C[C@@H](C)N(C)C[C@H]1C. The lowest BCUT2D eigenvalue weighted by molar-refractivity contribution is 0.119. The van der Waals surface area contributed by atoms with Crippen molar-refractivity contribution in [1.82, 2.24) is 10.2 Å². The van der Waals surface area contributed by atoms with Crippen molar-refractivity contribution < 1.29 is 4.74 Å². The van der Waals surface area contributed by atoms with Crippen molar-refractivity contribution in [3.63, 3.8) is 0 Å². The number of rotatable bonds is 5. The summed E-state index contributed by atoms with van der Waals surface area (Å²) in [5.41, 5.74) is 0. The Bertz CT molecular complexity index is 175. The zero-order valence-electron chi connectivity index (χ0n) is 10.6. The molecule has 3 atom stereocenters. The first-order valence-corrected chi connectivity index (χ1v) is 6.07. The van der Waals surface area contributed by atoms with Gasteiger partial charge in [-0.05, 0) is 39.3 Å². The first-order valence-electron chi connectivity index (χ1n) is 6.07. The van der Waals surface area contributed by atoms with Gasteiger partial charge in [-0.3, -0.25) is 0 Å². The van der Waals surface area contributed by atoms with Crippen molar-refractivity contribution in [2.45, 2.75) is 38.8 Å². The second-order valence-corrected chi connectivity index (χ2v) is 4.91. The van der Waals surface area contributed by atoms with Crippen molar-refractivity contribution in [2.24, 2.45) is 5.92 Å². The van der Waals surface area contributed by atoms with Gasteiger partial charge in [-0.2, -0.15) is 0 Å². The van der Waals surface area contributed by atoms with Crippen molar-refractivity contribution in [1.29, 1.82) is 0 Å². The van der Waals surface area contributed by atoms with Gasteiger partial charge >= 0.3 is 0 Å². The van der Waals surface area contributed by atoms with Gasteiger partial charge in [0.05, 0.1) is 0 Å². The fourth-order valence-corrected chi connectivity index (χ4v) is 2.33. The van der Waals surface area contributed by atoms with Crippen LogP contribution in [0.2, 0.25) is 0 Å². The van der Waals surface area contributed by atoms with Crippen LogP contribution in [-0.4, -0.2) is 50.8 Å². The quantitative estimate of drug-likeness (QED) is 0.699. The summed E-state index contributed by atoms with van der Waals surface area (Å²) in [6.07, 6.45) is 2.38. The summed E-state index contributed by atoms with van der Waals surface area (Å²) < 4.78 is 5.05. The largest absolute Gasteiger partial charge is 0.385 e. The Morgan fingerprint density at radius 2 is 2.13 bits per heavy atom. The summed E-state index contributed by atoms with van der Waals surface area (Å²) in [6.45, 7) is 7.82. The normalized spacial score (nSPS) is 33.2. The molecule has 1 fully saturated rings. The number of piperidine rings is 1. The second-order valence-electron chi connectivity index (χ2n) is 4.91. The third kappa shape index (κ3) is 4.09. The molecule has 0 bridgehead atoms. The molecule has 0 aromatic rings. The molecule has 0 saturated carbocycles. The van der Waals surface area contributed by atoms with E-state index in [1.807, 2.05) is 0 Å². The monoisotopic (exact) mass is 214 g/mol. The van der Waals surface area contributed by atoms with Crippen LogP contribution in [0.5, 0.6) is 0 Å². The molecule has 3 nitrogen and oxygen atoms in total. The molecule has 0 radical (unpaired) electrons. The van der Waals surface area contributed by atoms with Crippen LogP contribution >= 0.6 is 0 Å². The van der Waals surface area contributed by atoms with Crippen molar-refractivity contribution >= 4 is 0 Å². The van der Waals surface area contributed by atoms with E-state index in [2.05, 4.69) is 31.1 Å². The fourth-order valence-electron chi connectivity index (χ4n) is 2.33. The molecule has 0 unspecified atom stereocenters. The Kier molecular flexibility index (Phi) is 5.58. The molecule has 0 amide bonds. The molecule has 1 aliphatic rings. The molecule has 90 valence electrons. The average molecular weight is 214 g/mol. The highest BCUT2D eigenvalue weighted by Crippen LogP contribution is 2.20. The van der Waals surface area contributed by atoms with Gasteiger partial charge < -0.3 is 15.0 Å². The van der Waals surface area contributed by atoms with Gasteiger partial charge in [-0.25, -0.2) is 0 Å². The molecule has 0 aromatic carbocycles. The smallest absolute Gasteiger partial charge is 0.0474 e. The van der Waals surface area contributed by atoms with E-state index in [9.17, 15) is 0 Å². The third-order valence-corrected chi connectivity index (χ3v) is 3.54. The summed E-state index contributed by atoms with van der Waals surface area (Å²) >= 11 is 0. The topological polar surface area (TPSA) is 24.5 Å². The average Bonchev–Trinajstić information content (AvgIpc) is 2.20. The molecule has 3 heteroatoms. The number of methoxy groups -OCH3 is 1. The Morgan fingerprint density at radius 3 is 2.80 bits per heavy atom. The number of ether oxygens (including phenoxy) is 1. The highest BCUT2D eigenvalue weighted by atomic mass is 16.5. The highest BCUT2D eigenvalue weighted by Gasteiger charge is 2.27. The van der Waals surface area contributed by atoms with Crippen molar-refractivity contribution in [3.05, 3.63) is 0 Å². The maximum atomic E-state index is 5.05. The lowest BCUT2D eigenvalue weighted by Crippen LogP contribution is -2.51. The van der Waals surface area contributed by atoms with E-state index in [0.29, 0.717) is 12.1 Å². The standard InChI is InChI=1S/C12H26N2O/c1-10-9-14(3)11(2)8-12(10)13-6-5-7-15-4/h10-13H,5-9H2,1-4H3/t10-,11-,12-/m1/s1. The fraction of sp³-hybridized carbons (Fsp3) is 1.00. The molecule has 1 heterocycles. The van der Waals surface area contributed by atoms with Crippen LogP contribution in [-0.2, 0) is 4.74 Å². The van der Waals surface area contributed by atoms with Gasteiger partial charge in [-0.15, -0.1) is 0 Å². The number of nitrogens with one attached hydrogen (secondary N) is 1. The van der Waals surface area contributed by atoms with E-state index >= 15 is 0 Å². The van der Waals surface area contributed by atoms with Gasteiger partial charge in [0.2, 0.25) is 0 Å². The van der Waals surface area contributed by atoms with Crippen LogP contribution in [0.4, 0.5) is 0 Å². The first-order chi connectivity index (χ1) is 7.15. The predicted octanol–water partition coefficient (Wildman–Crippen LogP) is 1.34. The summed E-state index contributed by atoms with van der Waals surface area (Å²) in [5.74, 6) is 0.758. The van der Waals surface area contributed by atoms with E-state index in [0.717, 1.165) is 25.5 Å². The molecule has 0 aromatic heterocycles. The highest BCUT2D eigenvalue weighted by molar-refractivity contribution is 4.85. The summed E-state index contributed by atoms with van der Waals surface area (Å²) in [5, 5.41) is 3.65. The van der Waals surface area contributed by atoms with E-state index < -0.39 is 0 Å². The number of nitrogens with zero attached hydrogens (tertiary/aromatic N) is 1. The molecule has 0 aliphatic carbocycles. The Hall–Kier alpha value is -0.120. The zero-order chi connectivity index (χ0) is 11.3. The number of likely N-dealkylation sites (tertiary alicyclic amines) is 1. The lowest BCUT2D eigenvalue weighted by Gasteiger charge is -2.40. The summed E-state index contributed by atoms with van der Waals surface area (Å²) in [4.78, 5) is 2.46. The van der Waals surface area contributed by atoms with Crippen LogP contribution in [0.3, 0.4) is 0 Å². The minimum Gasteiger partial charge on any atom is -0.385 e. The van der Waals surface area contributed by atoms with Crippen LogP contribution in [0.1, 0.15) is 26.7 Å². The van der Waals surface area contributed by atoms with Gasteiger partial charge in [0.15, 0.2) is 0 Å². The van der Waals surface area contributed by atoms with Gasteiger partial charge in [0.25, 0.3) is 0 Å². The van der Waals surface area contributed by atoms with Crippen LogP contribution < -0.4 is 5.32 Å². The van der Waals surface area contributed by atoms with Gasteiger partial charge in [0, 0.05) is 32.3 Å². The second kappa shape index (κ2) is 6.46. The van der Waals surface area contributed by atoms with E-state index in [1.54, 1.807) is 7.11 Å². The molecule has 1 rings (SSSR count). The number of hydrogen-bond acceptors (Lipinski definition) is 3. The van der Waals surface area contributed by atoms with E-state index in [4.69, 9.17) is 4.74 Å². The molecular formula is C12H26N2O. The number of hydrogen-bond donors (Lipinski definition) is 1. The minimum atomic E-state index is 0.688. The molecule has 15 heavy (non-hydrogen) atoms. The van der Waals surface area contributed by atoms with E-state index in [-0.39, 0.29) is 0 Å². The molecule has 0 spiro atoms. The first kappa shape index (κ1) is 12.9. The van der Waals surface area contributed by atoms with Gasteiger partial charge in [0.1, 0.15) is 0 Å². The Balaban J connectivity index is 2.22. The lowest BCUT2D eigenvalue weighted by atomic mass is 9.90. The maximum absolute atomic E-state index is 5.05. The van der Waals surface area contributed by atoms with Crippen LogP contribution in [0.15, 0.2) is 0 Å². The third-order valence-electron chi connectivity index (χ3n) is 3.54. The van der Waals surface area contributed by atoms with Gasteiger partial charge in [-0.1, -0.05) is 6.92 Å². The summed E-state index contributed by atoms with van der Waals surface area (Å²) in [6, 6.07) is 1.40. The predicted molar refractivity (Wildman–Crippen MR) is 64.2 cm³/mol. The van der Waals surface area contributed by atoms with Crippen molar-refractivity contribution in [2.75, 3.05) is 33.9 Å². The molecular weight excluding hydrogens is 188 g/mol. The molecule has 1 aliphatic heterocycles. The molecule has 1 saturated heterocycles. The van der Waals surface area contributed by atoms with Crippen molar-refractivity contribution in [3.8, 4) is 0 Å². The molecule has 1 N–H and O–H groups in total. The maximum Gasteiger partial charge on any atom is 0.0474 e. The Labute approximate surface area is 94.2 Å². The van der Waals surface area contributed by atoms with Crippen LogP contribution in [0, 0.1) is 5.92 Å². The summed E-state index contributed by atoms with van der Waals surface area (Å²) in [7, 11) is 3.99. The Morgan fingerprint density at radius 1 is 1.40 bits per heavy atom. The zero-order valence-corrected chi connectivity index (χ0v) is 10.6. The minimum absolute atomic E-state index is 0.688.